The predicted octanol–water partition coefficient (Wildman–Crippen LogP) is 4.70. The number of ether oxygens (including phenoxy) is 5. The summed E-state index contributed by atoms with van der Waals surface area (Å²) < 4.78 is 32.7. The second kappa shape index (κ2) is 11.9. The lowest BCUT2D eigenvalue weighted by molar-refractivity contribution is -0.0716. The van der Waals surface area contributed by atoms with Gasteiger partial charge in [0.15, 0.2) is 11.5 Å². The van der Waals surface area contributed by atoms with Crippen molar-refractivity contribution < 1.29 is 33.6 Å². The number of imidazole rings is 1. The Kier molecular flexibility index (Phi) is 7.63. The van der Waals surface area contributed by atoms with Crippen LogP contribution in [0.25, 0.3) is 11.0 Å². The van der Waals surface area contributed by atoms with Crippen LogP contribution in [0.4, 0.5) is 5.69 Å². The number of para-hydroxylation sites is 1. The monoisotopic (exact) mass is 661 g/mol. The molecule has 0 radical (unpaired) electrons. The molecule has 4 aliphatic heterocycles. The molecule has 246 valence electrons. The van der Waals surface area contributed by atoms with Gasteiger partial charge >= 0.3 is 5.97 Å². The summed E-state index contributed by atoms with van der Waals surface area (Å²) in [6, 6.07) is 13.0. The number of nitrogens with zero attached hydrogens (tertiary/aromatic N) is 5. The number of carboxylic acids is 1. The Labute approximate surface area is 276 Å². The molecule has 1 N–H and O–H groups in total. The summed E-state index contributed by atoms with van der Waals surface area (Å²) in [7, 11) is 1.54. The van der Waals surface area contributed by atoms with E-state index in [9.17, 15) is 9.90 Å². The van der Waals surface area contributed by atoms with E-state index >= 15 is 0 Å². The number of piperazine rings is 1. The Morgan fingerprint density at radius 2 is 2.02 bits per heavy atom. The topological polar surface area (TPSA) is 121 Å². The van der Waals surface area contributed by atoms with Gasteiger partial charge in [0.25, 0.3) is 5.79 Å². The Hall–Kier alpha value is -4.10. The molecule has 0 saturated carbocycles. The first-order valence-corrected chi connectivity index (χ1v) is 16.3. The van der Waals surface area contributed by atoms with Crippen molar-refractivity contribution in [3.05, 3.63) is 70.8 Å². The second-order valence-corrected chi connectivity index (χ2v) is 13.0. The van der Waals surface area contributed by atoms with Gasteiger partial charge in [0.1, 0.15) is 22.8 Å². The van der Waals surface area contributed by atoms with Crippen LogP contribution < -0.4 is 19.1 Å². The molecule has 2 aromatic heterocycles. The number of halogens is 1. The molecule has 47 heavy (non-hydrogen) atoms. The Morgan fingerprint density at radius 1 is 1.15 bits per heavy atom. The van der Waals surface area contributed by atoms with Crippen LogP contribution in [0.15, 0.2) is 48.7 Å². The fourth-order valence-corrected chi connectivity index (χ4v) is 7.46. The van der Waals surface area contributed by atoms with Crippen LogP contribution in [0.5, 0.6) is 17.2 Å². The van der Waals surface area contributed by atoms with Gasteiger partial charge in [-0.2, -0.15) is 0 Å². The van der Waals surface area contributed by atoms with Gasteiger partial charge in [-0.05, 0) is 49.2 Å². The van der Waals surface area contributed by atoms with Crippen LogP contribution in [0.2, 0.25) is 5.02 Å². The average Bonchev–Trinajstić information content (AvgIpc) is 3.88. The first kappa shape index (κ1) is 30.2. The van der Waals surface area contributed by atoms with Crippen LogP contribution in [-0.2, 0) is 28.4 Å². The van der Waals surface area contributed by atoms with Gasteiger partial charge in [-0.3, -0.25) is 9.88 Å². The van der Waals surface area contributed by atoms with Gasteiger partial charge in [-0.25, -0.2) is 9.78 Å². The zero-order valence-corrected chi connectivity index (χ0v) is 27.0. The third-order valence-corrected chi connectivity index (χ3v) is 9.92. The molecule has 4 aliphatic rings. The number of carboxylic acid groups (broad SMARTS) is 1. The van der Waals surface area contributed by atoms with Crippen molar-refractivity contribution in [1.29, 1.82) is 0 Å². The van der Waals surface area contributed by atoms with Crippen LogP contribution in [0.1, 0.15) is 41.6 Å². The minimum atomic E-state index is -1.08. The van der Waals surface area contributed by atoms with Gasteiger partial charge < -0.3 is 38.3 Å². The van der Waals surface area contributed by atoms with Crippen molar-refractivity contribution >= 4 is 34.3 Å². The molecule has 6 heterocycles. The SMILES string of the molecule is COc1cc(C(=O)O)cc2c1nc(CN1CCN(c3cccc4c3O[C@@](C)(c3ccc(Cl)cn3)O4)[C@@H]3COC[C@@H]31)n2C[C@@H]1CCCO1. The Morgan fingerprint density at radius 3 is 2.79 bits per heavy atom. The van der Waals surface area contributed by atoms with E-state index < -0.39 is 11.8 Å². The summed E-state index contributed by atoms with van der Waals surface area (Å²) in [5, 5.41) is 10.4. The number of hydrogen-bond acceptors (Lipinski definition) is 10. The van der Waals surface area contributed by atoms with Crippen LogP contribution in [0.3, 0.4) is 0 Å². The molecule has 2 aromatic carbocycles. The lowest BCUT2D eigenvalue weighted by atomic mass is 10.0. The van der Waals surface area contributed by atoms with Gasteiger partial charge in [-0.1, -0.05) is 17.7 Å². The molecule has 3 saturated heterocycles. The highest BCUT2D eigenvalue weighted by Crippen LogP contribution is 2.50. The van der Waals surface area contributed by atoms with Crippen molar-refractivity contribution in [3.63, 3.8) is 0 Å². The molecule has 0 aliphatic carbocycles. The number of anilines is 1. The molecule has 0 bridgehead atoms. The lowest BCUT2D eigenvalue weighted by Crippen LogP contribution is -2.59. The van der Waals surface area contributed by atoms with Crippen LogP contribution >= 0.6 is 11.6 Å². The summed E-state index contributed by atoms with van der Waals surface area (Å²) in [6.07, 6.45) is 3.59. The van der Waals surface area contributed by atoms with E-state index in [0.29, 0.717) is 59.8 Å². The largest absolute Gasteiger partial charge is 0.494 e. The van der Waals surface area contributed by atoms with Crippen LogP contribution in [0, 0.1) is 0 Å². The average molecular weight is 662 g/mol. The van der Waals surface area contributed by atoms with Gasteiger partial charge in [-0.15, -0.1) is 0 Å². The maximum Gasteiger partial charge on any atom is 0.335 e. The molecular weight excluding hydrogens is 626 g/mol. The fourth-order valence-electron chi connectivity index (χ4n) is 7.35. The molecule has 0 unspecified atom stereocenters. The third kappa shape index (κ3) is 5.33. The number of fused-ring (bicyclic) bond motifs is 3. The van der Waals surface area contributed by atoms with E-state index in [2.05, 4.69) is 25.4 Å². The summed E-state index contributed by atoms with van der Waals surface area (Å²) in [4.78, 5) is 26.3. The maximum absolute atomic E-state index is 12.0. The summed E-state index contributed by atoms with van der Waals surface area (Å²) >= 11 is 6.09. The number of benzene rings is 2. The first-order valence-electron chi connectivity index (χ1n) is 15.9. The number of pyridine rings is 1. The van der Waals surface area contributed by atoms with E-state index in [1.807, 2.05) is 25.1 Å². The van der Waals surface area contributed by atoms with Crippen molar-refractivity contribution in [2.24, 2.45) is 0 Å². The number of aromatic nitrogens is 3. The summed E-state index contributed by atoms with van der Waals surface area (Å²) in [5.41, 5.74) is 3.14. The summed E-state index contributed by atoms with van der Waals surface area (Å²) in [6.45, 7) is 6.40. The first-order chi connectivity index (χ1) is 22.8. The van der Waals surface area contributed by atoms with Crippen molar-refractivity contribution in [1.82, 2.24) is 19.4 Å². The highest BCUT2D eigenvalue weighted by molar-refractivity contribution is 6.30. The summed E-state index contributed by atoms with van der Waals surface area (Å²) in [5.74, 6) is 0.548. The number of aromatic carboxylic acids is 1. The normalized spacial score (nSPS) is 25.4. The number of carbonyl (C=O) groups is 1. The molecular formula is C34H36ClN5O7. The third-order valence-electron chi connectivity index (χ3n) is 9.70. The van der Waals surface area contributed by atoms with E-state index in [1.165, 1.54) is 6.07 Å². The van der Waals surface area contributed by atoms with E-state index in [-0.39, 0.29) is 23.8 Å². The number of rotatable bonds is 8. The zero-order chi connectivity index (χ0) is 32.3. The molecule has 8 rings (SSSR count). The fraction of sp³-hybridized carbons (Fsp3) is 0.441. The standard InChI is InChI=1S/C34H36ClN5O7/c1-34(29-9-8-21(35)15-36-29)46-27-7-3-6-23(32(27)47-34)39-11-10-38(25-18-44-19-26(25)39)17-30-37-31-24(40(30)16-22-5-4-12-45-22)13-20(33(41)42)14-28(31)43-2/h3,6-9,13-15,22,25-26H,4-5,10-12,16-19H2,1-2H3,(H,41,42)/t22-,25-,26+,34-/m0/s1. The van der Waals surface area contributed by atoms with Crippen molar-refractivity contribution in [2.45, 2.75) is 56.8 Å². The lowest BCUT2D eigenvalue weighted by Gasteiger charge is -2.44. The zero-order valence-electron chi connectivity index (χ0n) is 26.2. The van der Waals surface area contributed by atoms with E-state index in [4.69, 9.17) is 40.3 Å². The van der Waals surface area contributed by atoms with Gasteiger partial charge in [0, 0.05) is 32.8 Å². The molecule has 13 heteroatoms. The molecule has 12 nitrogen and oxygen atoms in total. The van der Waals surface area contributed by atoms with E-state index in [0.717, 1.165) is 49.6 Å². The highest BCUT2D eigenvalue weighted by atomic mass is 35.5. The second-order valence-electron chi connectivity index (χ2n) is 12.6. The number of methoxy groups -OCH3 is 1. The van der Waals surface area contributed by atoms with Crippen LogP contribution in [-0.4, -0.2) is 88.7 Å². The molecule has 4 atom stereocenters. The Bertz CT molecular complexity index is 1830. The quantitative estimate of drug-likeness (QED) is 0.283. The minimum Gasteiger partial charge on any atom is -0.494 e. The highest BCUT2D eigenvalue weighted by Gasteiger charge is 2.46. The Balaban J connectivity index is 1.09. The van der Waals surface area contributed by atoms with Crippen molar-refractivity contribution in [2.75, 3.05) is 44.9 Å². The molecule has 0 amide bonds. The number of hydrogen-bond donors (Lipinski definition) is 1. The van der Waals surface area contributed by atoms with Gasteiger partial charge in [0.05, 0.1) is 73.4 Å². The van der Waals surface area contributed by atoms with Gasteiger partial charge in [0.2, 0.25) is 0 Å². The predicted molar refractivity (Wildman–Crippen MR) is 173 cm³/mol. The molecule has 0 spiro atoms. The van der Waals surface area contributed by atoms with Crippen molar-refractivity contribution in [3.8, 4) is 17.2 Å². The van der Waals surface area contributed by atoms with E-state index in [1.54, 1.807) is 25.4 Å². The minimum absolute atomic E-state index is 0.0428. The smallest absolute Gasteiger partial charge is 0.335 e. The molecule has 3 fully saturated rings. The maximum atomic E-state index is 12.0. The molecule has 4 aromatic rings.